The zero-order valence-electron chi connectivity index (χ0n) is 15.0. The van der Waals surface area contributed by atoms with Crippen molar-refractivity contribution in [1.82, 2.24) is 15.5 Å². The second-order valence-electron chi connectivity index (χ2n) is 6.95. The van der Waals surface area contributed by atoms with Crippen molar-refractivity contribution in [3.8, 4) is 0 Å². The van der Waals surface area contributed by atoms with Gasteiger partial charge < -0.3 is 20.3 Å². The van der Waals surface area contributed by atoms with Crippen LogP contribution in [0, 0.1) is 11.8 Å². The highest BCUT2D eigenvalue weighted by Gasteiger charge is 2.23. The van der Waals surface area contributed by atoms with Gasteiger partial charge >= 0.3 is 5.97 Å². The van der Waals surface area contributed by atoms with Crippen molar-refractivity contribution in [2.75, 3.05) is 45.9 Å². The van der Waals surface area contributed by atoms with Crippen LogP contribution in [0.15, 0.2) is 0 Å². The maximum Gasteiger partial charge on any atom is 0.319 e. The Morgan fingerprint density at radius 1 is 1.50 bits per heavy atom. The number of ether oxygens (including phenoxy) is 1. The Balaban J connectivity index is 1.46. The zero-order chi connectivity index (χ0) is 17.2. The first-order chi connectivity index (χ1) is 11.7. The first kappa shape index (κ1) is 19.2. The second-order valence-corrected chi connectivity index (χ2v) is 6.95. The maximum atomic E-state index is 11.7. The summed E-state index contributed by atoms with van der Waals surface area (Å²) in [5.41, 5.74) is 0. The van der Waals surface area contributed by atoms with Gasteiger partial charge in [0.2, 0.25) is 5.91 Å². The monoisotopic (exact) mass is 339 g/mol. The van der Waals surface area contributed by atoms with Crippen LogP contribution in [0.2, 0.25) is 0 Å². The summed E-state index contributed by atoms with van der Waals surface area (Å²) < 4.78 is 5.22. The molecule has 6 nitrogen and oxygen atoms in total. The van der Waals surface area contributed by atoms with Gasteiger partial charge in [-0.15, -0.1) is 0 Å². The molecule has 2 rings (SSSR count). The largest absolute Gasteiger partial charge is 0.465 e. The number of carbonyl (C=O) groups is 2. The number of amides is 1. The van der Waals surface area contributed by atoms with E-state index in [0.717, 1.165) is 57.3 Å². The minimum atomic E-state index is -0.196. The van der Waals surface area contributed by atoms with E-state index in [1.54, 1.807) is 0 Å². The molecule has 138 valence electrons. The molecule has 2 N–H and O–H groups in total. The van der Waals surface area contributed by atoms with Crippen LogP contribution in [-0.4, -0.2) is 62.7 Å². The first-order valence-electron chi connectivity index (χ1n) is 9.55. The fourth-order valence-electron chi connectivity index (χ4n) is 3.76. The highest BCUT2D eigenvalue weighted by atomic mass is 16.5. The molecule has 2 saturated heterocycles. The molecule has 0 aromatic rings. The third kappa shape index (κ3) is 6.40. The lowest BCUT2D eigenvalue weighted by molar-refractivity contribution is -0.142. The smallest absolute Gasteiger partial charge is 0.319 e. The number of rotatable bonds is 11. The van der Waals surface area contributed by atoms with Gasteiger partial charge in [0.25, 0.3) is 0 Å². The highest BCUT2D eigenvalue weighted by molar-refractivity contribution is 5.78. The number of hydrogen-bond donors (Lipinski definition) is 2. The molecule has 24 heavy (non-hydrogen) atoms. The molecule has 0 spiro atoms. The highest BCUT2D eigenvalue weighted by Crippen LogP contribution is 2.24. The summed E-state index contributed by atoms with van der Waals surface area (Å²) in [7, 11) is 0. The van der Waals surface area contributed by atoms with Gasteiger partial charge in [-0.05, 0) is 57.2 Å². The van der Waals surface area contributed by atoms with Crippen molar-refractivity contribution in [1.29, 1.82) is 0 Å². The predicted molar refractivity (Wildman–Crippen MR) is 93.6 cm³/mol. The van der Waals surface area contributed by atoms with Crippen LogP contribution in [0.1, 0.15) is 45.4 Å². The van der Waals surface area contributed by atoms with Crippen LogP contribution < -0.4 is 10.6 Å². The SMILES string of the molecule is CCC(CCNCC(=O)OCCCN1CCCC1=O)C1CCNC1. The lowest BCUT2D eigenvalue weighted by atomic mass is 9.87. The average Bonchev–Trinajstić information content (AvgIpc) is 3.24. The number of nitrogens with one attached hydrogen (secondary N) is 2. The molecule has 2 fully saturated rings. The molecule has 0 aromatic carbocycles. The lowest BCUT2D eigenvalue weighted by Gasteiger charge is -2.21. The fourth-order valence-corrected chi connectivity index (χ4v) is 3.76. The summed E-state index contributed by atoms with van der Waals surface area (Å²) >= 11 is 0. The zero-order valence-corrected chi connectivity index (χ0v) is 15.0. The van der Waals surface area contributed by atoms with E-state index in [1.165, 1.54) is 12.8 Å². The van der Waals surface area contributed by atoms with Crippen molar-refractivity contribution in [3.63, 3.8) is 0 Å². The van der Waals surface area contributed by atoms with Gasteiger partial charge in [0.1, 0.15) is 0 Å². The summed E-state index contributed by atoms with van der Waals surface area (Å²) in [4.78, 5) is 25.0. The lowest BCUT2D eigenvalue weighted by Crippen LogP contribution is -2.30. The Bertz CT molecular complexity index is 397. The van der Waals surface area contributed by atoms with E-state index in [4.69, 9.17) is 4.74 Å². The molecule has 0 bridgehead atoms. The molecule has 2 heterocycles. The van der Waals surface area contributed by atoms with Crippen molar-refractivity contribution in [3.05, 3.63) is 0 Å². The summed E-state index contributed by atoms with van der Waals surface area (Å²) in [6.07, 6.45) is 5.95. The molecule has 0 aromatic heterocycles. The van der Waals surface area contributed by atoms with E-state index in [2.05, 4.69) is 17.6 Å². The number of nitrogens with zero attached hydrogens (tertiary/aromatic N) is 1. The molecular weight excluding hydrogens is 306 g/mol. The Hall–Kier alpha value is -1.14. The average molecular weight is 339 g/mol. The van der Waals surface area contributed by atoms with Gasteiger partial charge in [-0.2, -0.15) is 0 Å². The van der Waals surface area contributed by atoms with E-state index in [1.807, 2.05) is 4.90 Å². The van der Waals surface area contributed by atoms with Crippen LogP contribution in [-0.2, 0) is 14.3 Å². The molecule has 2 aliphatic heterocycles. The molecule has 2 atom stereocenters. The van der Waals surface area contributed by atoms with Crippen molar-refractivity contribution in [2.45, 2.75) is 45.4 Å². The maximum absolute atomic E-state index is 11.7. The van der Waals surface area contributed by atoms with Crippen LogP contribution in [0.5, 0.6) is 0 Å². The molecule has 0 saturated carbocycles. The van der Waals surface area contributed by atoms with Crippen LogP contribution in [0.25, 0.3) is 0 Å². The fraction of sp³-hybridized carbons (Fsp3) is 0.889. The molecular formula is C18H33N3O3. The minimum absolute atomic E-state index is 0.196. The summed E-state index contributed by atoms with van der Waals surface area (Å²) in [6, 6.07) is 0. The van der Waals surface area contributed by atoms with Crippen LogP contribution in [0.3, 0.4) is 0 Å². The van der Waals surface area contributed by atoms with Crippen LogP contribution in [0.4, 0.5) is 0 Å². The van der Waals surface area contributed by atoms with E-state index in [-0.39, 0.29) is 18.4 Å². The van der Waals surface area contributed by atoms with E-state index >= 15 is 0 Å². The second kappa shape index (κ2) is 10.7. The summed E-state index contributed by atoms with van der Waals surface area (Å²) in [5.74, 6) is 1.56. The molecule has 2 unspecified atom stereocenters. The minimum Gasteiger partial charge on any atom is -0.465 e. The van der Waals surface area contributed by atoms with E-state index in [9.17, 15) is 9.59 Å². The Labute approximate surface area is 145 Å². The van der Waals surface area contributed by atoms with E-state index in [0.29, 0.717) is 19.6 Å². The Kier molecular flexibility index (Phi) is 8.53. The normalized spacial score (nSPS) is 22.1. The van der Waals surface area contributed by atoms with Crippen molar-refractivity contribution in [2.24, 2.45) is 11.8 Å². The quantitative estimate of drug-likeness (QED) is 0.437. The molecule has 2 aliphatic rings. The van der Waals surface area contributed by atoms with Gasteiger partial charge in [0.15, 0.2) is 0 Å². The molecule has 1 amide bonds. The first-order valence-corrected chi connectivity index (χ1v) is 9.55. The van der Waals surface area contributed by atoms with Gasteiger partial charge in [-0.25, -0.2) is 0 Å². The van der Waals surface area contributed by atoms with Gasteiger partial charge in [0, 0.05) is 19.5 Å². The van der Waals surface area contributed by atoms with Gasteiger partial charge in [-0.1, -0.05) is 13.3 Å². The Morgan fingerprint density at radius 3 is 3.04 bits per heavy atom. The third-order valence-corrected chi connectivity index (χ3v) is 5.26. The van der Waals surface area contributed by atoms with Gasteiger partial charge in [0.05, 0.1) is 13.2 Å². The molecule has 0 aliphatic carbocycles. The standard InChI is InChI=1S/C18H33N3O3/c1-2-15(16-7-9-19-13-16)6-8-20-14-18(23)24-12-4-11-21-10-3-5-17(21)22/h15-16,19-20H,2-14H2,1H3. The number of carbonyl (C=O) groups excluding carboxylic acids is 2. The number of hydrogen-bond acceptors (Lipinski definition) is 5. The molecule has 0 radical (unpaired) electrons. The van der Waals surface area contributed by atoms with Crippen molar-refractivity contribution >= 4 is 11.9 Å². The Morgan fingerprint density at radius 2 is 2.38 bits per heavy atom. The number of esters is 1. The summed E-state index contributed by atoms with van der Waals surface area (Å²) in [6.45, 7) is 7.63. The molecule has 6 heteroatoms. The third-order valence-electron chi connectivity index (χ3n) is 5.26. The van der Waals surface area contributed by atoms with Gasteiger partial charge in [-0.3, -0.25) is 9.59 Å². The number of likely N-dealkylation sites (tertiary alicyclic amines) is 1. The van der Waals surface area contributed by atoms with E-state index < -0.39 is 0 Å². The topological polar surface area (TPSA) is 70.7 Å². The van der Waals surface area contributed by atoms with Crippen molar-refractivity contribution < 1.29 is 14.3 Å². The van der Waals surface area contributed by atoms with Crippen LogP contribution >= 0.6 is 0 Å². The predicted octanol–water partition coefficient (Wildman–Crippen LogP) is 1.16. The summed E-state index contributed by atoms with van der Waals surface area (Å²) in [5, 5.41) is 6.63.